The van der Waals surface area contributed by atoms with Crippen molar-refractivity contribution in [2.45, 2.75) is 20.3 Å². The molecule has 2 aromatic rings. The predicted molar refractivity (Wildman–Crippen MR) is 69.7 cm³/mol. The topological polar surface area (TPSA) is 69.6 Å². The van der Waals surface area contributed by atoms with Crippen molar-refractivity contribution in [3.05, 3.63) is 28.5 Å². The molecule has 2 aromatic heterocycles. The zero-order valence-corrected chi connectivity index (χ0v) is 11.0. The highest BCUT2D eigenvalue weighted by atomic mass is 35.5. The Morgan fingerprint density at radius 1 is 1.61 bits per heavy atom. The van der Waals surface area contributed by atoms with E-state index in [2.05, 4.69) is 4.98 Å². The standard InChI is InChI=1S/C12H14ClN3O2/c1-3-18-10(17)5-9-11(14)16-6-8(13)4-7(2)12(16)15-9/h4,6H,3,5,14H2,1-2H3. The number of carbonyl (C=O) groups is 1. The van der Waals surface area contributed by atoms with Crippen LogP contribution in [0.15, 0.2) is 12.3 Å². The molecule has 0 aromatic carbocycles. The van der Waals surface area contributed by atoms with Gasteiger partial charge in [0.15, 0.2) is 0 Å². The molecule has 2 heterocycles. The predicted octanol–water partition coefficient (Wildman–Crippen LogP) is 1.98. The number of aryl methyl sites for hydroxylation is 1. The van der Waals surface area contributed by atoms with Crippen molar-refractivity contribution in [3.63, 3.8) is 0 Å². The summed E-state index contributed by atoms with van der Waals surface area (Å²) in [4.78, 5) is 15.8. The SMILES string of the molecule is CCOC(=O)Cc1nc2c(C)cc(Cl)cn2c1N. The number of nitrogens with two attached hydrogens (primary N) is 1. The van der Waals surface area contributed by atoms with Gasteiger partial charge in [-0.3, -0.25) is 9.20 Å². The molecule has 0 saturated carbocycles. The molecule has 0 amide bonds. The molecule has 5 nitrogen and oxygen atoms in total. The molecule has 0 atom stereocenters. The van der Waals surface area contributed by atoms with Crippen molar-refractivity contribution in [3.8, 4) is 0 Å². The van der Waals surface area contributed by atoms with Gasteiger partial charge in [0.25, 0.3) is 0 Å². The Morgan fingerprint density at radius 3 is 3.00 bits per heavy atom. The van der Waals surface area contributed by atoms with E-state index in [1.54, 1.807) is 23.6 Å². The van der Waals surface area contributed by atoms with Crippen molar-refractivity contribution in [1.29, 1.82) is 0 Å². The van der Waals surface area contributed by atoms with Crippen LogP contribution in [0.3, 0.4) is 0 Å². The number of aromatic nitrogens is 2. The number of hydrogen-bond acceptors (Lipinski definition) is 4. The Bertz CT molecular complexity index is 607. The lowest BCUT2D eigenvalue weighted by molar-refractivity contribution is -0.142. The summed E-state index contributed by atoms with van der Waals surface area (Å²) in [5.41, 5.74) is 8.08. The number of ether oxygens (including phenoxy) is 1. The first-order chi connectivity index (χ1) is 8.52. The molecule has 0 bridgehead atoms. The highest BCUT2D eigenvalue weighted by Crippen LogP contribution is 2.22. The van der Waals surface area contributed by atoms with Crippen LogP contribution in [0.2, 0.25) is 5.02 Å². The first-order valence-electron chi connectivity index (χ1n) is 5.61. The molecule has 18 heavy (non-hydrogen) atoms. The van der Waals surface area contributed by atoms with E-state index in [0.717, 1.165) is 5.56 Å². The summed E-state index contributed by atoms with van der Waals surface area (Å²) in [7, 11) is 0. The zero-order valence-electron chi connectivity index (χ0n) is 10.2. The number of halogens is 1. The maximum Gasteiger partial charge on any atom is 0.312 e. The molecule has 0 aliphatic rings. The van der Waals surface area contributed by atoms with E-state index in [1.807, 2.05) is 6.92 Å². The summed E-state index contributed by atoms with van der Waals surface area (Å²) in [6.45, 7) is 3.99. The maximum absolute atomic E-state index is 11.4. The number of esters is 1. The van der Waals surface area contributed by atoms with Crippen LogP contribution in [-0.2, 0) is 16.0 Å². The fraction of sp³-hybridized carbons (Fsp3) is 0.333. The van der Waals surface area contributed by atoms with Crippen molar-refractivity contribution in [2.75, 3.05) is 12.3 Å². The Kier molecular flexibility index (Phi) is 3.43. The van der Waals surface area contributed by atoms with Crippen LogP contribution >= 0.6 is 11.6 Å². The van der Waals surface area contributed by atoms with Crippen molar-refractivity contribution >= 4 is 29.0 Å². The summed E-state index contributed by atoms with van der Waals surface area (Å²) in [6.07, 6.45) is 1.75. The number of anilines is 1. The van der Waals surface area contributed by atoms with E-state index in [4.69, 9.17) is 22.1 Å². The summed E-state index contributed by atoms with van der Waals surface area (Å²) >= 11 is 5.96. The van der Waals surface area contributed by atoms with Gasteiger partial charge in [-0.25, -0.2) is 4.98 Å². The van der Waals surface area contributed by atoms with Crippen LogP contribution in [0.4, 0.5) is 5.82 Å². The van der Waals surface area contributed by atoms with Gasteiger partial charge in [-0.05, 0) is 25.5 Å². The number of pyridine rings is 1. The van der Waals surface area contributed by atoms with Crippen LogP contribution < -0.4 is 5.73 Å². The molecule has 0 spiro atoms. The van der Waals surface area contributed by atoms with E-state index >= 15 is 0 Å². The van der Waals surface area contributed by atoms with Gasteiger partial charge >= 0.3 is 5.97 Å². The number of fused-ring (bicyclic) bond motifs is 1. The van der Waals surface area contributed by atoms with E-state index in [9.17, 15) is 4.79 Å². The minimum atomic E-state index is -0.337. The number of rotatable bonds is 3. The molecule has 0 fully saturated rings. The number of hydrogen-bond donors (Lipinski definition) is 1. The first kappa shape index (κ1) is 12.7. The van der Waals surface area contributed by atoms with Gasteiger partial charge in [-0.1, -0.05) is 11.6 Å². The van der Waals surface area contributed by atoms with Gasteiger partial charge in [0.2, 0.25) is 0 Å². The number of nitrogens with zero attached hydrogens (tertiary/aromatic N) is 2. The van der Waals surface area contributed by atoms with Crippen molar-refractivity contribution < 1.29 is 9.53 Å². The third-order valence-electron chi connectivity index (χ3n) is 2.60. The second kappa shape index (κ2) is 4.86. The monoisotopic (exact) mass is 267 g/mol. The summed E-state index contributed by atoms with van der Waals surface area (Å²) in [6, 6.07) is 1.80. The molecule has 6 heteroatoms. The van der Waals surface area contributed by atoms with E-state index < -0.39 is 0 Å². The third-order valence-corrected chi connectivity index (χ3v) is 2.81. The Morgan fingerprint density at radius 2 is 2.33 bits per heavy atom. The van der Waals surface area contributed by atoms with Gasteiger partial charge in [0.05, 0.1) is 23.7 Å². The van der Waals surface area contributed by atoms with E-state index in [0.29, 0.717) is 28.8 Å². The van der Waals surface area contributed by atoms with Gasteiger partial charge in [-0.15, -0.1) is 0 Å². The minimum Gasteiger partial charge on any atom is -0.466 e. The number of carbonyl (C=O) groups excluding carboxylic acids is 1. The molecule has 2 rings (SSSR count). The normalized spacial score (nSPS) is 10.8. The highest BCUT2D eigenvalue weighted by Gasteiger charge is 2.15. The highest BCUT2D eigenvalue weighted by molar-refractivity contribution is 6.30. The summed E-state index contributed by atoms with van der Waals surface area (Å²) < 4.78 is 6.57. The molecule has 0 radical (unpaired) electrons. The first-order valence-corrected chi connectivity index (χ1v) is 5.99. The smallest absolute Gasteiger partial charge is 0.312 e. The zero-order chi connectivity index (χ0) is 13.3. The maximum atomic E-state index is 11.4. The third kappa shape index (κ3) is 2.26. The Labute approximate surface area is 110 Å². The Balaban J connectivity index is 2.44. The fourth-order valence-corrected chi connectivity index (χ4v) is 2.07. The van der Waals surface area contributed by atoms with E-state index in [-0.39, 0.29) is 12.4 Å². The second-order valence-electron chi connectivity index (χ2n) is 3.96. The molecular formula is C12H14ClN3O2. The van der Waals surface area contributed by atoms with Crippen LogP contribution in [0.25, 0.3) is 5.65 Å². The van der Waals surface area contributed by atoms with Crippen LogP contribution in [0.5, 0.6) is 0 Å². The van der Waals surface area contributed by atoms with Gasteiger partial charge in [-0.2, -0.15) is 0 Å². The van der Waals surface area contributed by atoms with Gasteiger partial charge in [0, 0.05) is 6.20 Å². The largest absolute Gasteiger partial charge is 0.466 e. The fourth-order valence-electron chi connectivity index (χ4n) is 1.81. The molecule has 2 N–H and O–H groups in total. The average molecular weight is 268 g/mol. The molecule has 0 aliphatic heterocycles. The van der Waals surface area contributed by atoms with Crippen LogP contribution in [-0.4, -0.2) is 22.0 Å². The van der Waals surface area contributed by atoms with Gasteiger partial charge < -0.3 is 10.5 Å². The molecule has 96 valence electrons. The molecule has 0 unspecified atom stereocenters. The summed E-state index contributed by atoms with van der Waals surface area (Å²) in [5, 5.41) is 0.576. The lowest BCUT2D eigenvalue weighted by Crippen LogP contribution is -2.09. The number of imidazole rings is 1. The van der Waals surface area contributed by atoms with Crippen molar-refractivity contribution in [1.82, 2.24) is 9.38 Å². The van der Waals surface area contributed by atoms with Crippen molar-refractivity contribution in [2.24, 2.45) is 0 Å². The molecule has 0 saturated heterocycles. The summed E-state index contributed by atoms with van der Waals surface area (Å²) in [5.74, 6) is 0.0833. The van der Waals surface area contributed by atoms with Crippen LogP contribution in [0, 0.1) is 6.92 Å². The lowest BCUT2D eigenvalue weighted by Gasteiger charge is -2.01. The lowest BCUT2D eigenvalue weighted by atomic mass is 10.3. The van der Waals surface area contributed by atoms with Gasteiger partial charge in [0.1, 0.15) is 11.5 Å². The molecule has 0 aliphatic carbocycles. The Hall–Kier alpha value is -1.75. The quantitative estimate of drug-likeness (QED) is 0.864. The molecular weight excluding hydrogens is 254 g/mol. The number of nitrogen functional groups attached to an aromatic ring is 1. The van der Waals surface area contributed by atoms with E-state index in [1.165, 1.54) is 0 Å². The average Bonchev–Trinajstić information content (AvgIpc) is 2.58. The van der Waals surface area contributed by atoms with Crippen LogP contribution in [0.1, 0.15) is 18.2 Å². The minimum absolute atomic E-state index is 0.0679. The second-order valence-corrected chi connectivity index (χ2v) is 4.40.